The maximum atomic E-state index is 2.40. The normalized spacial score (nSPS) is 11.8. The van der Waals surface area contributed by atoms with Gasteiger partial charge in [0.15, 0.2) is 0 Å². The minimum atomic E-state index is -4.16. The van der Waals surface area contributed by atoms with Crippen LogP contribution in [-0.2, 0) is 15.3 Å². The van der Waals surface area contributed by atoms with Gasteiger partial charge in [-0.1, -0.05) is 0 Å². The summed E-state index contributed by atoms with van der Waals surface area (Å²) >= 11 is -4.16. The monoisotopic (exact) mass is 526 g/mol. The van der Waals surface area contributed by atoms with E-state index in [4.69, 9.17) is 0 Å². The molecule has 0 nitrogen and oxygen atoms in total. The molecule has 0 aliphatic heterocycles. The standard InChI is InChI=1S/4C6H5.C5H5.3ClH.Ti/c4*1-2-4-6-5-3-1;1-2-4-5-3-1;;;;/h4*1-5H;1-3H,4H2;3*1H;/q;;;;;;;;+3/p-3. The number of hydrogen-bond donors (Lipinski definition) is 0. The van der Waals surface area contributed by atoms with E-state index in [1.165, 1.54) is 15.5 Å². The van der Waals surface area contributed by atoms with E-state index in [0.717, 1.165) is 6.42 Å². The number of rotatable bonds is 5. The first kappa shape index (κ1) is 27.2. The average molecular weight is 528 g/mol. The fourth-order valence-corrected chi connectivity index (χ4v) is 17.9. The molecule has 1 aliphatic carbocycles. The second-order valence-corrected chi connectivity index (χ2v) is 16.6. The molecular formula is C29H25Cl3Ti. The van der Waals surface area contributed by atoms with Crippen LogP contribution in [0.2, 0.25) is 0 Å². The van der Waals surface area contributed by atoms with E-state index in [1.54, 1.807) is 3.88 Å². The summed E-state index contributed by atoms with van der Waals surface area (Å²) in [5.74, 6) is 0. The molecule has 0 amide bonds. The van der Waals surface area contributed by atoms with Crippen molar-refractivity contribution in [1.29, 1.82) is 0 Å². The van der Waals surface area contributed by atoms with Gasteiger partial charge < -0.3 is 37.2 Å². The molecule has 0 saturated heterocycles. The second-order valence-electron chi connectivity index (χ2n) is 8.04. The van der Waals surface area contributed by atoms with Crippen LogP contribution in [0.4, 0.5) is 0 Å². The molecule has 0 fully saturated rings. The van der Waals surface area contributed by atoms with Crippen molar-refractivity contribution >= 4 is 15.5 Å². The van der Waals surface area contributed by atoms with Crippen molar-refractivity contribution in [2.75, 3.05) is 0 Å². The number of hydrogen-bond acceptors (Lipinski definition) is 0. The summed E-state index contributed by atoms with van der Waals surface area (Å²) < 4.78 is 7.36. The largest absolute Gasteiger partial charge is 1.00 e. The van der Waals surface area contributed by atoms with Crippen LogP contribution in [0.25, 0.3) is 0 Å². The Morgan fingerprint density at radius 2 is 0.727 bits per heavy atom. The topological polar surface area (TPSA) is 0 Å². The van der Waals surface area contributed by atoms with Crippen molar-refractivity contribution in [2.45, 2.75) is 6.42 Å². The summed E-state index contributed by atoms with van der Waals surface area (Å²) in [6.45, 7) is 0. The van der Waals surface area contributed by atoms with Gasteiger partial charge in [-0.15, -0.1) is 0 Å². The van der Waals surface area contributed by atoms with E-state index < -0.39 is 15.3 Å². The minimum Gasteiger partial charge on any atom is -1.00 e. The predicted molar refractivity (Wildman–Crippen MR) is 126 cm³/mol. The summed E-state index contributed by atoms with van der Waals surface area (Å²) in [5, 5.41) is 0. The van der Waals surface area contributed by atoms with Gasteiger partial charge in [0.05, 0.1) is 0 Å². The zero-order valence-corrected chi connectivity index (χ0v) is 21.9. The smallest absolute Gasteiger partial charge is 1.00 e. The van der Waals surface area contributed by atoms with Gasteiger partial charge in [-0.25, -0.2) is 0 Å². The van der Waals surface area contributed by atoms with Gasteiger partial charge in [-0.05, 0) is 0 Å². The molecule has 166 valence electrons. The van der Waals surface area contributed by atoms with Crippen LogP contribution in [-0.4, -0.2) is 0 Å². The SMILES string of the molecule is C1=CC[C]([Ti+3]([c]2ccccc2)([c]2ccccc2)([c]2ccccc2)[c]2ccccc2)=C1.[Cl-].[Cl-].[Cl-]. The first-order valence-corrected chi connectivity index (χ1v) is 14.5. The van der Waals surface area contributed by atoms with E-state index >= 15 is 0 Å². The Hall–Kier alpha value is -2.06. The Labute approximate surface area is 216 Å². The molecule has 0 unspecified atom stereocenters. The van der Waals surface area contributed by atoms with Gasteiger partial charge in [0.25, 0.3) is 0 Å². The fraction of sp³-hybridized carbons (Fsp3) is 0.0345. The number of allylic oxidation sites excluding steroid dienone is 4. The van der Waals surface area contributed by atoms with E-state index in [1.807, 2.05) is 0 Å². The average Bonchev–Trinajstić information content (AvgIpc) is 3.39. The van der Waals surface area contributed by atoms with Gasteiger partial charge in [0, 0.05) is 0 Å². The summed E-state index contributed by atoms with van der Waals surface area (Å²) in [7, 11) is 0. The van der Waals surface area contributed by atoms with Crippen molar-refractivity contribution in [3.63, 3.8) is 0 Å². The zero-order chi connectivity index (χ0) is 20.3. The molecule has 1 aliphatic rings. The molecule has 0 saturated carbocycles. The zero-order valence-electron chi connectivity index (χ0n) is 18.1. The fourth-order valence-electron chi connectivity index (χ4n) is 5.65. The third-order valence-corrected chi connectivity index (χ3v) is 18.7. The minimum absolute atomic E-state index is 0. The van der Waals surface area contributed by atoms with Gasteiger partial charge in [-0.3, -0.25) is 0 Å². The maximum Gasteiger partial charge on any atom is -1.00 e. The molecule has 0 spiro atoms. The third kappa shape index (κ3) is 3.95. The molecule has 0 N–H and O–H groups in total. The molecule has 0 bridgehead atoms. The second kappa shape index (κ2) is 11.4. The first-order valence-electron chi connectivity index (χ1n) is 10.6. The molecule has 0 aromatic heterocycles. The van der Waals surface area contributed by atoms with Crippen molar-refractivity contribution in [3.8, 4) is 0 Å². The number of halogens is 3. The van der Waals surface area contributed by atoms with Crippen LogP contribution in [0.15, 0.2) is 143 Å². The van der Waals surface area contributed by atoms with Crippen molar-refractivity contribution < 1.29 is 52.5 Å². The summed E-state index contributed by atoms with van der Waals surface area (Å²) in [6.07, 6.45) is 7.95. The predicted octanol–water partition coefficient (Wildman–Crippen LogP) is -4.17. The summed E-state index contributed by atoms with van der Waals surface area (Å²) in [5.41, 5.74) is 0. The third-order valence-electron chi connectivity index (χ3n) is 6.82. The first-order chi connectivity index (χ1) is 14.9. The molecule has 0 atom stereocenters. The Kier molecular flexibility index (Phi) is 9.38. The van der Waals surface area contributed by atoms with Gasteiger partial charge >= 0.3 is 181 Å². The molecule has 4 heteroatoms. The van der Waals surface area contributed by atoms with Crippen molar-refractivity contribution in [3.05, 3.63) is 143 Å². The molecule has 4 aromatic rings. The van der Waals surface area contributed by atoms with Crippen LogP contribution < -0.4 is 52.7 Å². The molecular weight excluding hydrogens is 503 g/mol. The van der Waals surface area contributed by atoms with E-state index in [9.17, 15) is 0 Å². The number of benzene rings is 4. The maximum absolute atomic E-state index is 4.16. The Balaban J connectivity index is 0.00000128. The van der Waals surface area contributed by atoms with Crippen molar-refractivity contribution in [2.24, 2.45) is 0 Å². The van der Waals surface area contributed by atoms with Crippen molar-refractivity contribution in [1.82, 2.24) is 0 Å². The summed E-state index contributed by atoms with van der Waals surface area (Å²) in [4.78, 5) is 0. The van der Waals surface area contributed by atoms with Crippen LogP contribution in [0.5, 0.6) is 0 Å². The van der Waals surface area contributed by atoms with E-state index in [-0.39, 0.29) is 37.2 Å². The summed E-state index contributed by atoms with van der Waals surface area (Å²) in [6, 6.07) is 45.1. The molecule has 4 aromatic carbocycles. The van der Waals surface area contributed by atoms with Gasteiger partial charge in [0.2, 0.25) is 0 Å². The van der Waals surface area contributed by atoms with Crippen LogP contribution in [0, 0.1) is 0 Å². The Bertz CT molecular complexity index is 1040. The Morgan fingerprint density at radius 3 is 0.970 bits per heavy atom. The van der Waals surface area contributed by atoms with E-state index in [0.29, 0.717) is 0 Å². The molecule has 0 heterocycles. The van der Waals surface area contributed by atoms with E-state index in [2.05, 4.69) is 140 Å². The van der Waals surface area contributed by atoms with Crippen LogP contribution >= 0.6 is 0 Å². The van der Waals surface area contributed by atoms with Gasteiger partial charge in [0.1, 0.15) is 0 Å². The molecule has 5 rings (SSSR count). The Morgan fingerprint density at radius 1 is 0.424 bits per heavy atom. The quantitative estimate of drug-likeness (QED) is 0.231. The molecule has 0 radical (unpaired) electrons. The molecule has 33 heavy (non-hydrogen) atoms. The van der Waals surface area contributed by atoms with Crippen LogP contribution in [0.1, 0.15) is 6.42 Å². The van der Waals surface area contributed by atoms with Crippen LogP contribution in [0.3, 0.4) is 0 Å². The van der Waals surface area contributed by atoms with Gasteiger partial charge in [-0.2, -0.15) is 0 Å².